The smallest absolute Gasteiger partial charge is 0.272 e. The molecule has 0 radical (unpaired) electrons. The van der Waals surface area contributed by atoms with Gasteiger partial charge < -0.3 is 15.8 Å². The molecule has 1 aromatic heterocycles. The Labute approximate surface area is 149 Å². The second-order valence-electron chi connectivity index (χ2n) is 6.09. The predicted octanol–water partition coefficient (Wildman–Crippen LogP) is 2.46. The Balaban J connectivity index is 1.88. The molecule has 1 aromatic carbocycles. The maximum atomic E-state index is 12.7. The summed E-state index contributed by atoms with van der Waals surface area (Å²) in [5.41, 5.74) is 5.06. The summed E-state index contributed by atoms with van der Waals surface area (Å²) in [4.78, 5) is 30.5. The third-order valence-electron chi connectivity index (χ3n) is 3.69. The molecule has 0 atom stereocenters. The standard InChI is InChI=1S/C17H17ClN4O3/c1-17(2)16(24)22(15-12(25-17)7-8-13(19)21-15)9-14(23)20-11-6-4-3-5-10(11)18/h3-8H,9H2,1-2H3,(H2,19,21)(H,20,23). The van der Waals surface area contributed by atoms with E-state index < -0.39 is 11.5 Å². The number of benzene rings is 1. The van der Waals surface area contributed by atoms with Crippen molar-refractivity contribution in [1.29, 1.82) is 0 Å². The van der Waals surface area contributed by atoms with E-state index in [-0.39, 0.29) is 24.1 Å². The summed E-state index contributed by atoms with van der Waals surface area (Å²) in [6.45, 7) is 3.03. The molecule has 0 aliphatic carbocycles. The highest BCUT2D eigenvalue weighted by atomic mass is 35.5. The van der Waals surface area contributed by atoms with Crippen LogP contribution in [0.4, 0.5) is 17.3 Å². The van der Waals surface area contributed by atoms with Crippen LogP contribution in [0.2, 0.25) is 5.02 Å². The number of rotatable bonds is 3. The molecule has 1 aliphatic rings. The number of nitrogen functional groups attached to an aromatic ring is 1. The molecule has 8 heteroatoms. The number of nitrogens with zero attached hydrogens (tertiary/aromatic N) is 2. The van der Waals surface area contributed by atoms with Crippen molar-refractivity contribution in [3.8, 4) is 5.75 Å². The van der Waals surface area contributed by atoms with Gasteiger partial charge in [-0.2, -0.15) is 0 Å². The Morgan fingerprint density at radius 1 is 1.32 bits per heavy atom. The number of amides is 2. The van der Waals surface area contributed by atoms with E-state index in [1.807, 2.05) is 0 Å². The maximum Gasteiger partial charge on any atom is 0.272 e. The van der Waals surface area contributed by atoms with Crippen LogP contribution in [-0.4, -0.2) is 28.9 Å². The number of carbonyl (C=O) groups excluding carboxylic acids is 2. The number of fused-ring (bicyclic) bond motifs is 1. The summed E-state index contributed by atoms with van der Waals surface area (Å²) < 4.78 is 5.67. The van der Waals surface area contributed by atoms with E-state index in [0.29, 0.717) is 16.5 Å². The van der Waals surface area contributed by atoms with Gasteiger partial charge in [-0.15, -0.1) is 0 Å². The van der Waals surface area contributed by atoms with Crippen molar-refractivity contribution in [1.82, 2.24) is 4.98 Å². The van der Waals surface area contributed by atoms with Crippen LogP contribution in [0.15, 0.2) is 36.4 Å². The van der Waals surface area contributed by atoms with Crippen LogP contribution in [-0.2, 0) is 9.59 Å². The van der Waals surface area contributed by atoms with Gasteiger partial charge in [0.25, 0.3) is 5.91 Å². The Hall–Kier alpha value is -2.80. The number of pyridine rings is 1. The van der Waals surface area contributed by atoms with Crippen molar-refractivity contribution in [3.63, 3.8) is 0 Å². The third-order valence-corrected chi connectivity index (χ3v) is 4.02. The first kappa shape index (κ1) is 17.0. The number of para-hydroxylation sites is 1. The first-order valence-electron chi connectivity index (χ1n) is 7.60. The van der Waals surface area contributed by atoms with Gasteiger partial charge in [0.2, 0.25) is 5.91 Å². The molecule has 0 saturated carbocycles. The van der Waals surface area contributed by atoms with E-state index >= 15 is 0 Å². The molecule has 0 unspecified atom stereocenters. The Morgan fingerprint density at radius 3 is 2.76 bits per heavy atom. The zero-order chi connectivity index (χ0) is 18.2. The first-order valence-corrected chi connectivity index (χ1v) is 7.97. The average Bonchev–Trinajstić information content (AvgIpc) is 2.55. The number of carbonyl (C=O) groups is 2. The number of hydrogen-bond donors (Lipinski definition) is 2. The highest BCUT2D eigenvalue weighted by Gasteiger charge is 2.42. The molecule has 2 aromatic rings. The quantitative estimate of drug-likeness (QED) is 0.876. The summed E-state index contributed by atoms with van der Waals surface area (Å²) in [5, 5.41) is 3.10. The lowest BCUT2D eigenvalue weighted by Crippen LogP contribution is -2.54. The van der Waals surface area contributed by atoms with E-state index in [0.717, 1.165) is 0 Å². The zero-order valence-electron chi connectivity index (χ0n) is 13.7. The lowest BCUT2D eigenvalue weighted by atomic mass is 10.1. The molecule has 0 fully saturated rings. The van der Waals surface area contributed by atoms with Crippen molar-refractivity contribution < 1.29 is 14.3 Å². The zero-order valence-corrected chi connectivity index (χ0v) is 14.5. The van der Waals surface area contributed by atoms with Gasteiger partial charge in [-0.25, -0.2) is 4.98 Å². The molecule has 25 heavy (non-hydrogen) atoms. The number of halogens is 1. The topological polar surface area (TPSA) is 97.6 Å². The number of anilines is 3. The lowest BCUT2D eigenvalue weighted by molar-refractivity contribution is -0.133. The molecule has 3 N–H and O–H groups in total. The molecular weight excluding hydrogens is 344 g/mol. The Morgan fingerprint density at radius 2 is 2.04 bits per heavy atom. The molecule has 2 heterocycles. The second kappa shape index (κ2) is 6.25. The van der Waals surface area contributed by atoms with E-state index in [2.05, 4.69) is 10.3 Å². The van der Waals surface area contributed by atoms with Gasteiger partial charge in [0.1, 0.15) is 12.4 Å². The monoisotopic (exact) mass is 360 g/mol. The minimum Gasteiger partial charge on any atom is -0.474 e. The fourth-order valence-electron chi connectivity index (χ4n) is 2.51. The van der Waals surface area contributed by atoms with Crippen LogP contribution in [0.5, 0.6) is 5.75 Å². The van der Waals surface area contributed by atoms with Gasteiger partial charge in [-0.3, -0.25) is 14.5 Å². The second-order valence-corrected chi connectivity index (χ2v) is 6.50. The van der Waals surface area contributed by atoms with Crippen molar-refractivity contribution in [3.05, 3.63) is 41.4 Å². The van der Waals surface area contributed by atoms with Gasteiger partial charge in [0, 0.05) is 0 Å². The molecule has 130 valence electrons. The number of aromatic nitrogens is 1. The van der Waals surface area contributed by atoms with Crippen LogP contribution < -0.4 is 20.7 Å². The van der Waals surface area contributed by atoms with Gasteiger partial charge in [0.05, 0.1) is 10.7 Å². The Bertz CT molecular complexity index is 854. The molecule has 0 bridgehead atoms. The van der Waals surface area contributed by atoms with Crippen LogP contribution >= 0.6 is 11.6 Å². The minimum absolute atomic E-state index is 0.221. The number of ether oxygens (including phenoxy) is 1. The van der Waals surface area contributed by atoms with Gasteiger partial charge >= 0.3 is 0 Å². The summed E-state index contributed by atoms with van der Waals surface area (Å²) >= 11 is 6.04. The van der Waals surface area contributed by atoms with Crippen LogP contribution in [0.1, 0.15) is 13.8 Å². The van der Waals surface area contributed by atoms with E-state index in [1.54, 1.807) is 50.2 Å². The maximum absolute atomic E-state index is 12.7. The first-order chi connectivity index (χ1) is 11.8. The van der Waals surface area contributed by atoms with Crippen molar-refractivity contribution >= 4 is 40.7 Å². The SMILES string of the molecule is CC1(C)Oc2ccc(N)nc2N(CC(=O)Nc2ccccc2Cl)C1=O. The normalized spacial score (nSPS) is 15.3. The van der Waals surface area contributed by atoms with Crippen LogP contribution in [0.3, 0.4) is 0 Å². The fourth-order valence-corrected chi connectivity index (χ4v) is 2.69. The molecule has 0 saturated heterocycles. The van der Waals surface area contributed by atoms with E-state index in [4.69, 9.17) is 22.1 Å². The predicted molar refractivity (Wildman–Crippen MR) is 95.8 cm³/mol. The van der Waals surface area contributed by atoms with E-state index in [9.17, 15) is 9.59 Å². The molecule has 1 aliphatic heterocycles. The lowest BCUT2D eigenvalue weighted by Gasteiger charge is -2.37. The molecule has 7 nitrogen and oxygen atoms in total. The van der Waals surface area contributed by atoms with Crippen LogP contribution in [0.25, 0.3) is 0 Å². The van der Waals surface area contributed by atoms with Gasteiger partial charge in [0.15, 0.2) is 17.2 Å². The molecular formula is C17H17ClN4O3. The molecule has 3 rings (SSSR count). The third kappa shape index (κ3) is 3.36. The number of hydrogen-bond acceptors (Lipinski definition) is 5. The number of nitrogens with one attached hydrogen (secondary N) is 1. The fraction of sp³-hybridized carbons (Fsp3) is 0.235. The molecule has 0 spiro atoms. The van der Waals surface area contributed by atoms with Crippen molar-refractivity contribution in [2.75, 3.05) is 22.5 Å². The van der Waals surface area contributed by atoms with Crippen LogP contribution in [0, 0.1) is 0 Å². The van der Waals surface area contributed by atoms with Gasteiger partial charge in [-0.1, -0.05) is 23.7 Å². The largest absolute Gasteiger partial charge is 0.474 e. The number of nitrogens with two attached hydrogens (primary N) is 1. The van der Waals surface area contributed by atoms with Gasteiger partial charge in [-0.05, 0) is 38.1 Å². The van der Waals surface area contributed by atoms with Crippen molar-refractivity contribution in [2.45, 2.75) is 19.4 Å². The minimum atomic E-state index is -1.12. The van der Waals surface area contributed by atoms with E-state index in [1.165, 1.54) is 4.90 Å². The average molecular weight is 361 g/mol. The summed E-state index contributed by atoms with van der Waals surface area (Å²) in [6.07, 6.45) is 0. The Kier molecular flexibility index (Phi) is 4.26. The summed E-state index contributed by atoms with van der Waals surface area (Å²) in [5.74, 6) is 0.0519. The molecule has 2 amide bonds. The van der Waals surface area contributed by atoms with Crippen molar-refractivity contribution in [2.24, 2.45) is 0 Å². The summed E-state index contributed by atoms with van der Waals surface area (Å²) in [6, 6.07) is 10.1. The highest BCUT2D eigenvalue weighted by molar-refractivity contribution is 6.33. The summed E-state index contributed by atoms with van der Waals surface area (Å²) in [7, 11) is 0. The highest BCUT2D eigenvalue weighted by Crippen LogP contribution is 2.36.